The van der Waals surface area contributed by atoms with E-state index >= 15 is 0 Å². The van der Waals surface area contributed by atoms with Crippen molar-refractivity contribution in [1.82, 2.24) is 9.97 Å². The molecule has 1 aromatic heterocycles. The lowest BCUT2D eigenvalue weighted by molar-refractivity contribution is 0.102. The van der Waals surface area contributed by atoms with Crippen LogP contribution >= 0.6 is 0 Å². The van der Waals surface area contributed by atoms with Crippen molar-refractivity contribution in [2.75, 3.05) is 10.6 Å². The van der Waals surface area contributed by atoms with Crippen LogP contribution in [0.5, 0.6) is 0 Å². The first-order valence-electron chi connectivity index (χ1n) is 8.31. The largest absolute Gasteiger partial charge is 0.340 e. The molecule has 6 heteroatoms. The number of rotatable bonds is 5. The molecule has 0 aliphatic rings. The summed E-state index contributed by atoms with van der Waals surface area (Å²) in [5, 5.41) is 5.99. The smallest absolute Gasteiger partial charge is 0.258 e. The number of aryl methyl sites for hydroxylation is 2. The van der Waals surface area contributed by atoms with Crippen LogP contribution in [-0.2, 0) is 6.42 Å². The molecule has 1 heterocycles. The molecule has 2 N–H and O–H groups in total. The summed E-state index contributed by atoms with van der Waals surface area (Å²) < 4.78 is 13.8. The second-order valence-electron chi connectivity index (χ2n) is 5.83. The number of amides is 1. The molecule has 5 nitrogen and oxygen atoms in total. The number of benzene rings is 2. The minimum absolute atomic E-state index is 0.0133. The SMILES string of the molecule is CCc1ccc(Nc2cc(C)ncn2)cc1NC(=O)c1ccccc1F. The Morgan fingerprint density at radius 3 is 2.65 bits per heavy atom. The zero-order valence-electron chi connectivity index (χ0n) is 14.6. The summed E-state index contributed by atoms with van der Waals surface area (Å²) in [7, 11) is 0. The standard InChI is InChI=1S/C20H19FN4O/c1-3-14-8-9-15(24-19-10-13(2)22-12-23-19)11-18(14)25-20(26)16-6-4-5-7-17(16)21/h4-12H,3H2,1-2H3,(H,25,26)(H,22,23,24). The lowest BCUT2D eigenvalue weighted by atomic mass is 10.1. The highest BCUT2D eigenvalue weighted by molar-refractivity contribution is 6.05. The van der Waals surface area contributed by atoms with Crippen molar-refractivity contribution in [3.8, 4) is 0 Å². The molecule has 132 valence electrons. The van der Waals surface area contributed by atoms with Gasteiger partial charge in [0.1, 0.15) is 18.0 Å². The number of nitrogens with zero attached hydrogens (tertiary/aromatic N) is 2. The highest BCUT2D eigenvalue weighted by Crippen LogP contribution is 2.24. The monoisotopic (exact) mass is 350 g/mol. The summed E-state index contributed by atoms with van der Waals surface area (Å²) in [6.45, 7) is 3.88. The summed E-state index contributed by atoms with van der Waals surface area (Å²) in [6, 6.07) is 13.4. The molecule has 0 aliphatic heterocycles. The summed E-state index contributed by atoms with van der Waals surface area (Å²) >= 11 is 0. The normalized spacial score (nSPS) is 10.4. The van der Waals surface area contributed by atoms with Gasteiger partial charge < -0.3 is 10.6 Å². The maximum atomic E-state index is 13.8. The Kier molecular flexibility index (Phi) is 5.22. The van der Waals surface area contributed by atoms with E-state index < -0.39 is 11.7 Å². The molecule has 0 atom stereocenters. The second-order valence-corrected chi connectivity index (χ2v) is 5.83. The van der Waals surface area contributed by atoms with E-state index in [1.165, 1.54) is 18.5 Å². The number of aromatic nitrogens is 2. The Labute approximate surface area is 151 Å². The first kappa shape index (κ1) is 17.5. The Bertz CT molecular complexity index is 943. The first-order chi connectivity index (χ1) is 12.6. The van der Waals surface area contributed by atoms with Gasteiger partial charge in [-0.25, -0.2) is 14.4 Å². The average Bonchev–Trinajstić information content (AvgIpc) is 2.62. The molecular formula is C20H19FN4O. The Morgan fingerprint density at radius 1 is 1.12 bits per heavy atom. The Morgan fingerprint density at radius 2 is 1.92 bits per heavy atom. The van der Waals surface area contributed by atoms with Crippen LogP contribution in [0.4, 0.5) is 21.6 Å². The molecule has 0 fully saturated rings. The summed E-state index contributed by atoms with van der Waals surface area (Å²) in [5.41, 5.74) is 3.22. The molecule has 3 aromatic rings. The van der Waals surface area contributed by atoms with Gasteiger partial charge in [0.25, 0.3) is 5.91 Å². The number of hydrogen-bond acceptors (Lipinski definition) is 4. The molecule has 26 heavy (non-hydrogen) atoms. The van der Waals surface area contributed by atoms with E-state index in [9.17, 15) is 9.18 Å². The van der Waals surface area contributed by atoms with Crippen molar-refractivity contribution in [1.29, 1.82) is 0 Å². The lowest BCUT2D eigenvalue weighted by Gasteiger charge is -2.13. The fourth-order valence-electron chi connectivity index (χ4n) is 2.58. The van der Waals surface area contributed by atoms with Crippen molar-refractivity contribution >= 4 is 23.1 Å². The average molecular weight is 350 g/mol. The molecule has 0 aliphatic carbocycles. The summed E-state index contributed by atoms with van der Waals surface area (Å²) in [4.78, 5) is 20.7. The highest BCUT2D eigenvalue weighted by atomic mass is 19.1. The third-order valence-electron chi connectivity index (χ3n) is 3.93. The molecule has 2 aromatic carbocycles. The van der Waals surface area contributed by atoms with Crippen LogP contribution in [0, 0.1) is 12.7 Å². The maximum absolute atomic E-state index is 13.8. The van der Waals surface area contributed by atoms with E-state index in [0.717, 1.165) is 23.4 Å². The van der Waals surface area contributed by atoms with E-state index in [-0.39, 0.29) is 5.56 Å². The third kappa shape index (κ3) is 4.03. The lowest BCUT2D eigenvalue weighted by Crippen LogP contribution is -2.15. The maximum Gasteiger partial charge on any atom is 0.258 e. The van der Waals surface area contributed by atoms with Crippen LogP contribution in [0.25, 0.3) is 0 Å². The minimum atomic E-state index is -0.547. The van der Waals surface area contributed by atoms with Gasteiger partial charge in [-0.15, -0.1) is 0 Å². The van der Waals surface area contributed by atoms with E-state index in [0.29, 0.717) is 11.5 Å². The number of hydrogen-bond donors (Lipinski definition) is 2. The van der Waals surface area contributed by atoms with E-state index in [4.69, 9.17) is 0 Å². The third-order valence-corrected chi connectivity index (χ3v) is 3.93. The predicted octanol–water partition coefficient (Wildman–Crippen LogP) is 4.48. The summed E-state index contributed by atoms with van der Waals surface area (Å²) in [5.74, 6) is -0.366. The highest BCUT2D eigenvalue weighted by Gasteiger charge is 2.13. The van der Waals surface area contributed by atoms with E-state index in [1.54, 1.807) is 12.1 Å². The number of halogens is 1. The van der Waals surface area contributed by atoms with E-state index in [1.807, 2.05) is 38.1 Å². The zero-order valence-corrected chi connectivity index (χ0v) is 14.6. The fraction of sp³-hybridized carbons (Fsp3) is 0.150. The predicted molar refractivity (Wildman–Crippen MR) is 100 cm³/mol. The molecule has 1 amide bonds. The summed E-state index contributed by atoms with van der Waals surface area (Å²) in [6.07, 6.45) is 2.22. The van der Waals surface area contributed by atoms with Gasteiger partial charge in [0.2, 0.25) is 0 Å². The molecule has 0 saturated carbocycles. The quantitative estimate of drug-likeness (QED) is 0.712. The molecule has 0 bridgehead atoms. The Hall–Kier alpha value is -3.28. The van der Waals surface area contributed by atoms with Crippen molar-refractivity contribution < 1.29 is 9.18 Å². The second kappa shape index (κ2) is 7.74. The molecule has 0 spiro atoms. The van der Waals surface area contributed by atoms with Gasteiger partial charge in [-0.2, -0.15) is 0 Å². The fourth-order valence-corrected chi connectivity index (χ4v) is 2.58. The molecule has 0 saturated heterocycles. The number of carbonyl (C=O) groups is 1. The van der Waals surface area contributed by atoms with Gasteiger partial charge in [0, 0.05) is 23.1 Å². The molecular weight excluding hydrogens is 331 g/mol. The van der Waals surface area contributed by atoms with Gasteiger partial charge in [0.05, 0.1) is 5.56 Å². The zero-order chi connectivity index (χ0) is 18.5. The van der Waals surface area contributed by atoms with Gasteiger partial charge in [0.15, 0.2) is 0 Å². The van der Waals surface area contributed by atoms with Crippen molar-refractivity contribution in [3.63, 3.8) is 0 Å². The Balaban J connectivity index is 1.86. The van der Waals surface area contributed by atoms with E-state index in [2.05, 4.69) is 20.6 Å². The van der Waals surface area contributed by atoms with Gasteiger partial charge in [-0.05, 0) is 43.2 Å². The number of carbonyl (C=O) groups excluding carboxylic acids is 1. The van der Waals surface area contributed by atoms with Crippen LogP contribution < -0.4 is 10.6 Å². The van der Waals surface area contributed by atoms with Crippen LogP contribution in [0.2, 0.25) is 0 Å². The molecule has 3 rings (SSSR count). The minimum Gasteiger partial charge on any atom is -0.340 e. The van der Waals surface area contributed by atoms with Crippen molar-refractivity contribution in [3.05, 3.63) is 77.5 Å². The van der Waals surface area contributed by atoms with Crippen LogP contribution in [-0.4, -0.2) is 15.9 Å². The van der Waals surface area contributed by atoms with Gasteiger partial charge in [-0.3, -0.25) is 4.79 Å². The molecule has 0 radical (unpaired) electrons. The van der Waals surface area contributed by atoms with Gasteiger partial charge in [-0.1, -0.05) is 25.1 Å². The number of nitrogens with one attached hydrogen (secondary N) is 2. The van der Waals surface area contributed by atoms with Crippen LogP contribution in [0.15, 0.2) is 54.9 Å². The first-order valence-corrected chi connectivity index (χ1v) is 8.31. The van der Waals surface area contributed by atoms with Crippen molar-refractivity contribution in [2.45, 2.75) is 20.3 Å². The van der Waals surface area contributed by atoms with Crippen LogP contribution in [0.1, 0.15) is 28.5 Å². The van der Waals surface area contributed by atoms with Crippen LogP contribution in [0.3, 0.4) is 0 Å². The topological polar surface area (TPSA) is 66.9 Å². The molecule has 0 unspecified atom stereocenters. The number of anilines is 3. The van der Waals surface area contributed by atoms with Gasteiger partial charge >= 0.3 is 0 Å². The van der Waals surface area contributed by atoms with Crippen molar-refractivity contribution in [2.24, 2.45) is 0 Å².